The Morgan fingerprint density at radius 3 is 2.67 bits per heavy atom. The first-order chi connectivity index (χ1) is 9.99. The van der Waals surface area contributed by atoms with Gasteiger partial charge in [0.1, 0.15) is 0 Å². The predicted molar refractivity (Wildman–Crippen MR) is 79.2 cm³/mol. The molecule has 0 saturated heterocycles. The van der Waals surface area contributed by atoms with Crippen LogP contribution in [0.15, 0.2) is 29.4 Å². The lowest BCUT2D eigenvalue weighted by Crippen LogP contribution is -2.23. The zero-order valence-corrected chi connectivity index (χ0v) is 12.7. The van der Waals surface area contributed by atoms with Gasteiger partial charge in [-0.15, -0.1) is 5.10 Å². The van der Waals surface area contributed by atoms with Gasteiger partial charge in [0, 0.05) is 12.6 Å². The molecule has 8 heteroatoms. The standard InChI is InChI=1S/C13H15N5O2S/c1-8(19)10-6-4-5-7-11(10)14-12(20)9(2)21-13-15-16-17-18(13)3/h4-7,9H,1-3H3,(H,14,20). The first kappa shape index (κ1) is 15.2. The maximum Gasteiger partial charge on any atom is 0.237 e. The molecule has 0 aliphatic heterocycles. The molecule has 1 aromatic heterocycles. The minimum atomic E-state index is -0.394. The van der Waals surface area contributed by atoms with Crippen molar-refractivity contribution in [3.8, 4) is 0 Å². The highest BCUT2D eigenvalue weighted by Crippen LogP contribution is 2.22. The van der Waals surface area contributed by atoms with Crippen LogP contribution in [-0.2, 0) is 11.8 Å². The predicted octanol–water partition coefficient (Wildman–Crippen LogP) is 1.53. The molecule has 0 aliphatic carbocycles. The molecule has 1 atom stereocenters. The average Bonchev–Trinajstić information content (AvgIpc) is 2.84. The second kappa shape index (κ2) is 6.49. The number of amides is 1. The molecule has 2 rings (SSSR count). The quantitative estimate of drug-likeness (QED) is 0.665. The number of carbonyl (C=O) groups is 2. The van der Waals surface area contributed by atoms with E-state index in [-0.39, 0.29) is 11.7 Å². The van der Waals surface area contributed by atoms with Crippen LogP contribution in [0.1, 0.15) is 24.2 Å². The van der Waals surface area contributed by atoms with Gasteiger partial charge >= 0.3 is 0 Å². The lowest BCUT2D eigenvalue weighted by Gasteiger charge is -2.12. The minimum Gasteiger partial charge on any atom is -0.324 e. The molecule has 0 radical (unpaired) electrons. The normalized spacial score (nSPS) is 12.0. The van der Waals surface area contributed by atoms with Crippen molar-refractivity contribution in [2.45, 2.75) is 24.3 Å². The summed E-state index contributed by atoms with van der Waals surface area (Å²) in [5.74, 6) is -0.305. The number of hydrogen-bond donors (Lipinski definition) is 1. The van der Waals surface area contributed by atoms with E-state index < -0.39 is 5.25 Å². The highest BCUT2D eigenvalue weighted by Gasteiger charge is 2.19. The van der Waals surface area contributed by atoms with Gasteiger partial charge < -0.3 is 5.32 Å². The molecule has 21 heavy (non-hydrogen) atoms. The van der Waals surface area contributed by atoms with E-state index >= 15 is 0 Å². The number of aryl methyl sites for hydroxylation is 1. The number of carbonyl (C=O) groups excluding carboxylic acids is 2. The molecule has 110 valence electrons. The SMILES string of the molecule is CC(=O)c1ccccc1NC(=O)C(C)Sc1nnnn1C. The van der Waals surface area contributed by atoms with Gasteiger partial charge in [-0.2, -0.15) is 0 Å². The lowest BCUT2D eigenvalue weighted by molar-refractivity contribution is -0.115. The molecule has 1 amide bonds. The monoisotopic (exact) mass is 305 g/mol. The molecule has 0 fully saturated rings. The number of rotatable bonds is 5. The Balaban J connectivity index is 2.08. The topological polar surface area (TPSA) is 89.8 Å². The molecular weight excluding hydrogens is 290 g/mol. The number of tetrazole rings is 1. The number of hydrogen-bond acceptors (Lipinski definition) is 6. The van der Waals surface area contributed by atoms with E-state index in [0.29, 0.717) is 16.4 Å². The van der Waals surface area contributed by atoms with Gasteiger partial charge in [0.2, 0.25) is 11.1 Å². The fourth-order valence-electron chi connectivity index (χ4n) is 1.67. The summed E-state index contributed by atoms with van der Waals surface area (Å²) in [5, 5.41) is 14.0. The lowest BCUT2D eigenvalue weighted by atomic mass is 10.1. The fraction of sp³-hybridized carbons (Fsp3) is 0.308. The van der Waals surface area contributed by atoms with Gasteiger partial charge in [-0.05, 0) is 36.4 Å². The zero-order chi connectivity index (χ0) is 15.4. The van der Waals surface area contributed by atoms with Crippen LogP contribution in [0.2, 0.25) is 0 Å². The summed E-state index contributed by atoms with van der Waals surface area (Å²) in [4.78, 5) is 23.7. The summed E-state index contributed by atoms with van der Waals surface area (Å²) in [6, 6.07) is 6.92. The third-order valence-corrected chi connectivity index (χ3v) is 3.92. The van der Waals surface area contributed by atoms with Crippen molar-refractivity contribution in [3.63, 3.8) is 0 Å². The first-order valence-corrected chi connectivity index (χ1v) is 7.17. The number of thioether (sulfide) groups is 1. The van der Waals surface area contributed by atoms with Gasteiger partial charge in [-0.25, -0.2) is 4.68 Å². The molecule has 0 bridgehead atoms. The molecule has 1 N–H and O–H groups in total. The number of para-hydroxylation sites is 1. The average molecular weight is 305 g/mol. The smallest absolute Gasteiger partial charge is 0.237 e. The van der Waals surface area contributed by atoms with Gasteiger partial charge in [-0.1, -0.05) is 23.9 Å². The van der Waals surface area contributed by atoms with Crippen LogP contribution in [0.5, 0.6) is 0 Å². The van der Waals surface area contributed by atoms with E-state index in [1.807, 2.05) is 0 Å². The van der Waals surface area contributed by atoms with E-state index in [0.717, 1.165) is 0 Å². The number of nitrogens with zero attached hydrogens (tertiary/aromatic N) is 4. The van der Waals surface area contributed by atoms with Crippen molar-refractivity contribution in [1.29, 1.82) is 0 Å². The zero-order valence-electron chi connectivity index (χ0n) is 11.9. The Hall–Kier alpha value is -2.22. The summed E-state index contributed by atoms with van der Waals surface area (Å²) >= 11 is 1.25. The van der Waals surface area contributed by atoms with Gasteiger partial charge in [0.25, 0.3) is 0 Å². The summed E-state index contributed by atoms with van der Waals surface area (Å²) in [6.07, 6.45) is 0. The van der Waals surface area contributed by atoms with Crippen molar-refractivity contribution in [2.75, 3.05) is 5.32 Å². The van der Waals surface area contributed by atoms with Gasteiger partial charge in [0.15, 0.2) is 5.78 Å². The maximum absolute atomic E-state index is 12.2. The fourth-order valence-corrected chi connectivity index (χ4v) is 2.42. The highest BCUT2D eigenvalue weighted by molar-refractivity contribution is 8.00. The third-order valence-electron chi connectivity index (χ3n) is 2.80. The van der Waals surface area contributed by atoms with E-state index in [4.69, 9.17) is 0 Å². The Kier molecular flexibility index (Phi) is 4.69. The van der Waals surface area contributed by atoms with Crippen molar-refractivity contribution < 1.29 is 9.59 Å². The van der Waals surface area contributed by atoms with E-state index in [9.17, 15) is 9.59 Å². The number of aromatic nitrogens is 4. The Morgan fingerprint density at radius 1 is 1.33 bits per heavy atom. The van der Waals surface area contributed by atoms with Crippen LogP contribution < -0.4 is 5.32 Å². The number of nitrogens with one attached hydrogen (secondary N) is 1. The number of Topliss-reactive ketones (excluding diaryl/α,β-unsaturated/α-hetero) is 1. The molecule has 0 saturated carbocycles. The number of ketones is 1. The minimum absolute atomic E-state index is 0.0938. The van der Waals surface area contributed by atoms with E-state index in [1.165, 1.54) is 23.4 Å². The van der Waals surface area contributed by atoms with E-state index in [2.05, 4.69) is 20.8 Å². The molecule has 0 spiro atoms. The van der Waals surface area contributed by atoms with Crippen molar-refractivity contribution in [2.24, 2.45) is 7.05 Å². The third kappa shape index (κ3) is 3.66. The maximum atomic E-state index is 12.2. The van der Waals surface area contributed by atoms with Gasteiger partial charge in [-0.3, -0.25) is 9.59 Å². The van der Waals surface area contributed by atoms with Crippen molar-refractivity contribution >= 4 is 29.1 Å². The molecule has 0 aliphatic rings. The molecule has 2 aromatic rings. The molecule has 1 aromatic carbocycles. The molecule has 1 unspecified atom stereocenters. The van der Waals surface area contributed by atoms with Crippen LogP contribution in [0, 0.1) is 0 Å². The summed E-state index contributed by atoms with van der Waals surface area (Å²) in [6.45, 7) is 3.22. The number of anilines is 1. The molecular formula is C13H15N5O2S. The first-order valence-electron chi connectivity index (χ1n) is 6.29. The van der Waals surface area contributed by atoms with E-state index in [1.54, 1.807) is 38.2 Å². The highest BCUT2D eigenvalue weighted by atomic mass is 32.2. The van der Waals surface area contributed by atoms with Crippen LogP contribution in [0.3, 0.4) is 0 Å². The summed E-state index contributed by atoms with van der Waals surface area (Å²) < 4.78 is 1.50. The Morgan fingerprint density at radius 2 is 2.05 bits per heavy atom. The molecule has 1 heterocycles. The van der Waals surface area contributed by atoms with Gasteiger partial charge in [0.05, 0.1) is 10.9 Å². The second-order valence-electron chi connectivity index (χ2n) is 4.44. The summed E-state index contributed by atoms with van der Waals surface area (Å²) in [7, 11) is 1.71. The second-order valence-corrected chi connectivity index (χ2v) is 5.74. The Labute approximate surface area is 126 Å². The summed E-state index contributed by atoms with van der Waals surface area (Å²) in [5.41, 5.74) is 1.00. The molecule has 7 nitrogen and oxygen atoms in total. The van der Waals surface area contributed by atoms with Crippen LogP contribution in [0.4, 0.5) is 5.69 Å². The van der Waals surface area contributed by atoms with Crippen LogP contribution >= 0.6 is 11.8 Å². The Bertz CT molecular complexity index is 670. The van der Waals surface area contributed by atoms with Crippen molar-refractivity contribution in [1.82, 2.24) is 20.2 Å². The largest absolute Gasteiger partial charge is 0.324 e. The van der Waals surface area contributed by atoms with Crippen molar-refractivity contribution in [3.05, 3.63) is 29.8 Å². The number of benzene rings is 1. The van der Waals surface area contributed by atoms with Crippen LogP contribution in [0.25, 0.3) is 0 Å². The van der Waals surface area contributed by atoms with Crippen LogP contribution in [-0.4, -0.2) is 37.1 Å².